The zero-order valence-corrected chi connectivity index (χ0v) is 24.1. The van der Waals surface area contributed by atoms with Crippen LogP contribution in [0.1, 0.15) is 33.6 Å². The monoisotopic (exact) mass is 556 g/mol. The van der Waals surface area contributed by atoms with Crippen LogP contribution in [0.2, 0.25) is 0 Å². The van der Waals surface area contributed by atoms with Crippen molar-refractivity contribution in [2.24, 2.45) is 23.7 Å². The second-order valence-corrected chi connectivity index (χ2v) is 12.5. The first kappa shape index (κ1) is 29.2. The Hall–Kier alpha value is -2.78. The predicted molar refractivity (Wildman–Crippen MR) is 153 cm³/mol. The van der Waals surface area contributed by atoms with Crippen LogP contribution in [-0.4, -0.2) is 76.7 Å². The van der Waals surface area contributed by atoms with Gasteiger partial charge >= 0.3 is 5.97 Å². The lowest BCUT2D eigenvalue weighted by atomic mass is 9.66. The zero-order chi connectivity index (χ0) is 28.5. The molecule has 4 rings (SSSR count). The Morgan fingerprint density at radius 3 is 2.51 bits per heavy atom. The van der Waals surface area contributed by atoms with Gasteiger partial charge in [-0.05, 0) is 48.9 Å². The Kier molecular flexibility index (Phi) is 8.81. The van der Waals surface area contributed by atoms with Gasteiger partial charge in [-0.15, -0.1) is 24.9 Å². The molecule has 3 fully saturated rings. The highest BCUT2D eigenvalue weighted by Crippen LogP contribution is 2.69. The summed E-state index contributed by atoms with van der Waals surface area (Å²) in [6.07, 6.45) is 4.59. The van der Waals surface area contributed by atoms with Crippen molar-refractivity contribution in [2.75, 3.05) is 31.8 Å². The molecule has 1 aromatic rings. The van der Waals surface area contributed by atoms with Gasteiger partial charge in [0, 0.05) is 17.5 Å². The highest BCUT2D eigenvalue weighted by molar-refractivity contribution is 8.02. The standard InChI is InChI=1S/C30H40N2O6S/c1-7-9-15-38-29(36)24-23-16-19(5)30(39-23)25(24)27(34)32(22(17-33)18(3)4)26(30)28(35)31(14-8-2)20-10-12-21(37-6)13-11-20/h7-8,10-13,18-19,22-26,33H,1-2,9,14-17H2,3-6H3/t19?,22-,23-,24+,25-,26?,30?/m0/s1. The molecule has 1 N–H and O–H groups in total. The van der Waals surface area contributed by atoms with Crippen molar-refractivity contribution in [1.82, 2.24) is 4.90 Å². The van der Waals surface area contributed by atoms with Crippen LogP contribution in [0.4, 0.5) is 5.69 Å². The number of carbonyl (C=O) groups excluding carboxylic acids is 3. The van der Waals surface area contributed by atoms with Gasteiger partial charge in [-0.25, -0.2) is 0 Å². The lowest BCUT2D eigenvalue weighted by Crippen LogP contribution is -2.60. The topological polar surface area (TPSA) is 96.4 Å². The van der Waals surface area contributed by atoms with Crippen molar-refractivity contribution < 1.29 is 29.0 Å². The summed E-state index contributed by atoms with van der Waals surface area (Å²) in [6, 6.07) is 5.77. The Balaban J connectivity index is 1.81. The number of fused-ring (bicyclic) bond motifs is 1. The normalized spacial score (nSPS) is 29.7. The summed E-state index contributed by atoms with van der Waals surface area (Å²) in [4.78, 5) is 45.6. The molecule has 0 saturated carbocycles. The first-order chi connectivity index (χ1) is 18.7. The average Bonchev–Trinajstić information content (AvgIpc) is 3.51. The van der Waals surface area contributed by atoms with Crippen molar-refractivity contribution >= 4 is 35.2 Å². The summed E-state index contributed by atoms with van der Waals surface area (Å²) >= 11 is 1.60. The van der Waals surface area contributed by atoms with E-state index >= 15 is 0 Å². The number of aliphatic hydroxyl groups excluding tert-OH is 1. The molecule has 2 amide bonds. The van der Waals surface area contributed by atoms with Crippen molar-refractivity contribution in [3.05, 3.63) is 49.6 Å². The summed E-state index contributed by atoms with van der Waals surface area (Å²) in [5, 5.41) is 10.3. The summed E-state index contributed by atoms with van der Waals surface area (Å²) in [6.45, 7) is 13.7. The molecule has 3 heterocycles. The van der Waals surface area contributed by atoms with Gasteiger partial charge in [-0.1, -0.05) is 32.9 Å². The minimum atomic E-state index is -0.854. The molecule has 9 heteroatoms. The fraction of sp³-hybridized carbons (Fsp3) is 0.567. The van der Waals surface area contributed by atoms with Gasteiger partial charge < -0.3 is 24.4 Å². The van der Waals surface area contributed by atoms with Crippen molar-refractivity contribution in [3.8, 4) is 5.75 Å². The minimum absolute atomic E-state index is 0.00517. The third kappa shape index (κ3) is 4.78. The van der Waals surface area contributed by atoms with Crippen LogP contribution in [0, 0.1) is 23.7 Å². The Morgan fingerprint density at radius 2 is 1.95 bits per heavy atom. The Morgan fingerprint density at radius 1 is 1.26 bits per heavy atom. The van der Waals surface area contributed by atoms with Gasteiger partial charge in [-0.2, -0.15) is 0 Å². The molecule has 3 aliphatic rings. The molecule has 3 saturated heterocycles. The van der Waals surface area contributed by atoms with Gasteiger partial charge in [0.15, 0.2) is 0 Å². The molecule has 3 unspecified atom stereocenters. The maximum Gasteiger partial charge on any atom is 0.310 e. The number of hydrogen-bond acceptors (Lipinski definition) is 7. The van der Waals surface area contributed by atoms with Crippen molar-refractivity contribution in [1.29, 1.82) is 0 Å². The van der Waals surface area contributed by atoms with Crippen LogP contribution in [0.3, 0.4) is 0 Å². The van der Waals surface area contributed by atoms with Crippen LogP contribution in [-0.2, 0) is 19.1 Å². The van der Waals surface area contributed by atoms with E-state index in [2.05, 4.69) is 20.1 Å². The van der Waals surface area contributed by atoms with Crippen LogP contribution >= 0.6 is 11.8 Å². The average molecular weight is 557 g/mol. The number of hydrogen-bond donors (Lipinski definition) is 1. The number of aliphatic hydroxyl groups is 1. The van der Waals surface area contributed by atoms with E-state index in [1.165, 1.54) is 0 Å². The van der Waals surface area contributed by atoms with Gasteiger partial charge in [0.05, 0.1) is 42.9 Å². The second kappa shape index (κ2) is 11.8. The van der Waals surface area contributed by atoms with E-state index in [0.29, 0.717) is 24.3 Å². The van der Waals surface area contributed by atoms with E-state index in [1.54, 1.807) is 53.0 Å². The van der Waals surface area contributed by atoms with E-state index in [-0.39, 0.29) is 48.7 Å². The van der Waals surface area contributed by atoms with Crippen LogP contribution < -0.4 is 9.64 Å². The molecule has 1 aromatic carbocycles. The number of methoxy groups -OCH3 is 1. The molecular formula is C30H40N2O6S. The number of amides is 2. The van der Waals surface area contributed by atoms with E-state index in [1.807, 2.05) is 26.0 Å². The first-order valence-corrected chi connectivity index (χ1v) is 14.5. The fourth-order valence-electron chi connectivity index (χ4n) is 6.69. The van der Waals surface area contributed by atoms with E-state index in [4.69, 9.17) is 9.47 Å². The smallest absolute Gasteiger partial charge is 0.310 e. The third-order valence-corrected chi connectivity index (χ3v) is 10.6. The SMILES string of the molecule is C=CCCOC(=O)[C@@H]1[C@@H]2CC(C)C3(S2)C(C(=O)N(CC=C)c2ccc(OC)cc2)N([C@@H](CO)C(C)C)C(=O)[C@H]13. The summed E-state index contributed by atoms with van der Waals surface area (Å²) < 4.78 is 10.1. The molecule has 212 valence electrons. The largest absolute Gasteiger partial charge is 0.497 e. The molecule has 0 aromatic heterocycles. The predicted octanol–water partition coefficient (Wildman–Crippen LogP) is 3.69. The molecule has 1 spiro atoms. The lowest BCUT2D eigenvalue weighted by Gasteiger charge is -2.42. The molecule has 0 radical (unpaired) electrons. The van der Waals surface area contributed by atoms with Gasteiger partial charge in [0.25, 0.3) is 5.91 Å². The van der Waals surface area contributed by atoms with E-state index < -0.39 is 34.6 Å². The van der Waals surface area contributed by atoms with E-state index in [0.717, 1.165) is 0 Å². The summed E-state index contributed by atoms with van der Waals surface area (Å²) in [5.74, 6) is -1.65. The van der Waals surface area contributed by atoms with Crippen molar-refractivity contribution in [3.63, 3.8) is 0 Å². The number of thioether (sulfide) groups is 1. The van der Waals surface area contributed by atoms with Crippen LogP contribution in [0.25, 0.3) is 0 Å². The Labute approximate surface area is 235 Å². The van der Waals surface area contributed by atoms with Gasteiger partial charge in [-0.3, -0.25) is 14.4 Å². The molecule has 0 aliphatic carbocycles. The highest BCUT2D eigenvalue weighted by Gasteiger charge is 2.77. The molecule has 2 bridgehead atoms. The first-order valence-electron chi connectivity index (χ1n) is 13.6. The zero-order valence-electron chi connectivity index (χ0n) is 23.2. The number of carbonyl (C=O) groups is 3. The summed E-state index contributed by atoms with van der Waals surface area (Å²) in [7, 11) is 1.58. The van der Waals surface area contributed by atoms with Crippen LogP contribution in [0.5, 0.6) is 5.75 Å². The quantitative estimate of drug-likeness (QED) is 0.238. The molecular weight excluding hydrogens is 516 g/mol. The number of benzene rings is 1. The number of nitrogens with zero attached hydrogens (tertiary/aromatic N) is 2. The van der Waals surface area contributed by atoms with Gasteiger partial charge in [0.2, 0.25) is 5.91 Å². The maximum absolute atomic E-state index is 14.7. The number of anilines is 1. The van der Waals surface area contributed by atoms with Gasteiger partial charge in [0.1, 0.15) is 11.8 Å². The molecule has 39 heavy (non-hydrogen) atoms. The molecule has 3 aliphatic heterocycles. The maximum atomic E-state index is 14.7. The van der Waals surface area contributed by atoms with Crippen LogP contribution in [0.15, 0.2) is 49.6 Å². The van der Waals surface area contributed by atoms with E-state index in [9.17, 15) is 19.5 Å². The number of ether oxygens (including phenoxy) is 2. The third-order valence-electron chi connectivity index (χ3n) is 8.53. The number of esters is 1. The minimum Gasteiger partial charge on any atom is -0.497 e. The molecule has 8 nitrogen and oxygen atoms in total. The summed E-state index contributed by atoms with van der Waals surface area (Å²) in [5.41, 5.74) is 0.656. The fourth-order valence-corrected chi connectivity index (χ4v) is 9.08. The Bertz CT molecular complexity index is 1110. The van der Waals surface area contributed by atoms with Crippen molar-refractivity contribution in [2.45, 2.75) is 55.7 Å². The second-order valence-electron chi connectivity index (χ2n) is 11.0. The lowest BCUT2D eigenvalue weighted by molar-refractivity contribution is -0.155. The molecule has 7 atom stereocenters. The highest BCUT2D eigenvalue weighted by atomic mass is 32.2. The number of rotatable bonds is 12. The number of likely N-dealkylation sites (tertiary alicyclic amines) is 1.